The van der Waals surface area contributed by atoms with Gasteiger partial charge in [0.25, 0.3) is 0 Å². The first-order chi connectivity index (χ1) is 9.78. The van der Waals surface area contributed by atoms with Crippen LogP contribution in [0.2, 0.25) is 0 Å². The van der Waals surface area contributed by atoms with Gasteiger partial charge < -0.3 is 10.6 Å². The molecule has 0 spiro atoms. The van der Waals surface area contributed by atoms with Gasteiger partial charge in [-0.05, 0) is 61.2 Å². The van der Waals surface area contributed by atoms with Gasteiger partial charge in [-0.15, -0.1) is 12.4 Å². The maximum Gasteiger partial charge on any atom is 0.227 e. The molecule has 22 heavy (non-hydrogen) atoms. The van der Waals surface area contributed by atoms with Crippen molar-refractivity contribution in [1.82, 2.24) is 4.90 Å². The molecule has 1 heterocycles. The maximum absolute atomic E-state index is 13.2. The normalized spacial score (nSPS) is 48.4. The van der Waals surface area contributed by atoms with E-state index in [4.69, 9.17) is 5.73 Å². The highest BCUT2D eigenvalue weighted by molar-refractivity contribution is 5.85. The number of amides is 1. The number of nitrogens with two attached hydrogens (primary N) is 1. The minimum absolute atomic E-state index is 0. The van der Waals surface area contributed by atoms with Gasteiger partial charge in [0.1, 0.15) is 0 Å². The van der Waals surface area contributed by atoms with Gasteiger partial charge in [-0.1, -0.05) is 20.8 Å². The SMILES string of the molecule is CC1(C)CC2CC(C)(CN2C(=O)C2C3CCC(C3)C2N)C1.Cl. The third-order valence-corrected chi connectivity index (χ3v) is 6.96. The molecule has 3 nitrogen and oxygen atoms in total. The summed E-state index contributed by atoms with van der Waals surface area (Å²) >= 11 is 0. The molecule has 1 aliphatic heterocycles. The van der Waals surface area contributed by atoms with Crippen LogP contribution in [0.1, 0.15) is 59.3 Å². The molecular weight excluding hydrogens is 296 g/mol. The Balaban J connectivity index is 0.00000144. The molecule has 2 N–H and O–H groups in total. The Hall–Kier alpha value is -0.280. The molecule has 3 saturated carbocycles. The number of halogens is 1. The highest BCUT2D eigenvalue weighted by Gasteiger charge is 2.55. The molecule has 4 aliphatic rings. The second-order valence-corrected chi connectivity index (χ2v) is 9.62. The molecule has 0 radical (unpaired) electrons. The van der Waals surface area contributed by atoms with E-state index in [9.17, 15) is 4.79 Å². The van der Waals surface area contributed by atoms with Gasteiger partial charge in [-0.2, -0.15) is 0 Å². The minimum atomic E-state index is 0. The molecule has 0 aromatic carbocycles. The van der Waals surface area contributed by atoms with Crippen LogP contribution in [-0.4, -0.2) is 29.4 Å². The van der Waals surface area contributed by atoms with Gasteiger partial charge in [-0.3, -0.25) is 4.79 Å². The zero-order valence-corrected chi connectivity index (χ0v) is 15.0. The second-order valence-electron chi connectivity index (χ2n) is 9.62. The summed E-state index contributed by atoms with van der Waals surface area (Å²) in [6.07, 6.45) is 7.32. The number of rotatable bonds is 1. The monoisotopic (exact) mass is 326 g/mol. The fraction of sp³-hybridized carbons (Fsp3) is 0.944. The number of nitrogens with zero attached hydrogens (tertiary/aromatic N) is 1. The quantitative estimate of drug-likeness (QED) is 0.804. The van der Waals surface area contributed by atoms with Gasteiger partial charge in [-0.25, -0.2) is 0 Å². The van der Waals surface area contributed by atoms with Gasteiger partial charge in [0.05, 0.1) is 5.92 Å². The number of carbonyl (C=O) groups is 1. The predicted molar refractivity (Wildman–Crippen MR) is 90.8 cm³/mol. The van der Waals surface area contributed by atoms with Crippen LogP contribution < -0.4 is 5.73 Å². The van der Waals surface area contributed by atoms with Crippen LogP contribution in [0.5, 0.6) is 0 Å². The summed E-state index contributed by atoms with van der Waals surface area (Å²) in [5.41, 5.74) is 7.12. The first-order valence-electron chi connectivity index (χ1n) is 8.84. The Morgan fingerprint density at radius 1 is 1.14 bits per heavy atom. The molecule has 6 unspecified atom stereocenters. The molecule has 4 bridgehead atoms. The molecule has 1 amide bonds. The summed E-state index contributed by atoms with van der Waals surface area (Å²) in [5, 5.41) is 0. The van der Waals surface area contributed by atoms with Crippen LogP contribution >= 0.6 is 12.4 Å². The molecule has 0 aromatic heterocycles. The van der Waals surface area contributed by atoms with E-state index in [1.54, 1.807) is 0 Å². The van der Waals surface area contributed by atoms with Crippen LogP contribution in [0.15, 0.2) is 0 Å². The lowest BCUT2D eigenvalue weighted by Gasteiger charge is -2.40. The lowest BCUT2D eigenvalue weighted by Crippen LogP contribution is -2.48. The van der Waals surface area contributed by atoms with Gasteiger partial charge in [0.2, 0.25) is 5.91 Å². The molecular formula is C18H31ClN2O. The van der Waals surface area contributed by atoms with Crippen molar-refractivity contribution in [2.75, 3.05) is 6.54 Å². The average molecular weight is 327 g/mol. The van der Waals surface area contributed by atoms with Crippen molar-refractivity contribution < 1.29 is 4.79 Å². The number of hydrogen-bond donors (Lipinski definition) is 1. The second kappa shape index (κ2) is 5.11. The van der Waals surface area contributed by atoms with Gasteiger partial charge in [0, 0.05) is 18.6 Å². The lowest BCUT2D eigenvalue weighted by atomic mass is 9.65. The van der Waals surface area contributed by atoms with E-state index in [2.05, 4.69) is 25.7 Å². The van der Waals surface area contributed by atoms with E-state index in [0.717, 1.165) is 6.54 Å². The summed E-state index contributed by atoms with van der Waals surface area (Å²) in [4.78, 5) is 15.4. The van der Waals surface area contributed by atoms with Crippen molar-refractivity contribution >= 4 is 18.3 Å². The zero-order valence-electron chi connectivity index (χ0n) is 14.2. The summed E-state index contributed by atoms with van der Waals surface area (Å²) in [6.45, 7) is 8.10. The van der Waals surface area contributed by atoms with Crippen LogP contribution in [0, 0.1) is 28.6 Å². The first kappa shape index (κ1) is 16.6. The van der Waals surface area contributed by atoms with Crippen molar-refractivity contribution in [1.29, 1.82) is 0 Å². The average Bonchev–Trinajstić information content (AvgIpc) is 2.99. The number of carbonyl (C=O) groups excluding carboxylic acids is 1. The van der Waals surface area contributed by atoms with E-state index in [1.807, 2.05) is 0 Å². The third-order valence-electron chi connectivity index (χ3n) is 6.96. The molecule has 4 rings (SSSR count). The highest BCUT2D eigenvalue weighted by Crippen LogP contribution is 2.54. The van der Waals surface area contributed by atoms with E-state index >= 15 is 0 Å². The molecule has 0 aromatic rings. The van der Waals surface area contributed by atoms with Crippen LogP contribution in [0.25, 0.3) is 0 Å². The van der Waals surface area contributed by atoms with Gasteiger partial charge >= 0.3 is 0 Å². The van der Waals surface area contributed by atoms with Crippen molar-refractivity contribution in [2.24, 2.45) is 34.3 Å². The molecule has 126 valence electrons. The first-order valence-corrected chi connectivity index (χ1v) is 8.84. The van der Waals surface area contributed by atoms with Crippen LogP contribution in [-0.2, 0) is 4.79 Å². The van der Waals surface area contributed by atoms with Crippen molar-refractivity contribution in [3.63, 3.8) is 0 Å². The predicted octanol–water partition coefficient (Wildman–Crippen LogP) is 3.21. The number of fused-ring (bicyclic) bond motifs is 4. The fourth-order valence-corrected chi connectivity index (χ4v) is 6.61. The highest BCUT2D eigenvalue weighted by atomic mass is 35.5. The lowest BCUT2D eigenvalue weighted by molar-refractivity contribution is -0.139. The molecule has 6 atom stereocenters. The van der Waals surface area contributed by atoms with Crippen LogP contribution in [0.3, 0.4) is 0 Å². The smallest absolute Gasteiger partial charge is 0.227 e. The van der Waals surface area contributed by atoms with Crippen LogP contribution in [0.4, 0.5) is 0 Å². The standard InChI is InChI=1S/C18H30N2O.ClH/c1-17(2)7-13-8-18(3,9-17)10-20(13)16(21)14-11-4-5-12(6-11)15(14)19;/h11-15H,4-10,19H2,1-3H3;1H. The molecule has 1 saturated heterocycles. The van der Waals surface area contributed by atoms with E-state index < -0.39 is 0 Å². The molecule has 4 heteroatoms. The minimum Gasteiger partial charge on any atom is -0.339 e. The molecule has 4 fully saturated rings. The Kier molecular flexibility index (Phi) is 3.85. The fourth-order valence-electron chi connectivity index (χ4n) is 6.61. The largest absolute Gasteiger partial charge is 0.339 e. The number of hydrogen-bond acceptors (Lipinski definition) is 2. The third kappa shape index (κ3) is 2.39. The Bertz CT molecular complexity index is 478. The summed E-state index contributed by atoms with van der Waals surface area (Å²) < 4.78 is 0. The van der Waals surface area contributed by atoms with Crippen molar-refractivity contribution in [3.05, 3.63) is 0 Å². The van der Waals surface area contributed by atoms with E-state index in [0.29, 0.717) is 34.6 Å². The number of likely N-dealkylation sites (tertiary alicyclic amines) is 1. The van der Waals surface area contributed by atoms with Gasteiger partial charge in [0.15, 0.2) is 0 Å². The van der Waals surface area contributed by atoms with Crippen molar-refractivity contribution in [3.8, 4) is 0 Å². The summed E-state index contributed by atoms with van der Waals surface area (Å²) in [6, 6.07) is 0.607. The van der Waals surface area contributed by atoms with E-state index in [-0.39, 0.29) is 24.4 Å². The maximum atomic E-state index is 13.2. The topological polar surface area (TPSA) is 46.3 Å². The molecule has 3 aliphatic carbocycles. The van der Waals surface area contributed by atoms with Crippen molar-refractivity contribution in [2.45, 2.75) is 71.4 Å². The Morgan fingerprint density at radius 3 is 2.45 bits per heavy atom. The zero-order chi connectivity index (χ0) is 15.0. The summed E-state index contributed by atoms with van der Waals surface area (Å²) in [7, 11) is 0. The summed E-state index contributed by atoms with van der Waals surface area (Å²) in [5.74, 6) is 1.74. The Labute approximate surface area is 140 Å². The van der Waals surface area contributed by atoms with E-state index in [1.165, 1.54) is 38.5 Å². The Morgan fingerprint density at radius 2 is 1.82 bits per heavy atom.